The van der Waals surface area contributed by atoms with Crippen molar-refractivity contribution in [2.24, 2.45) is 11.7 Å². The summed E-state index contributed by atoms with van der Waals surface area (Å²) in [6.07, 6.45) is 5.36. The number of rotatable bonds is 3. The number of carbonyl (C=O) groups excluding carboxylic acids is 1. The van der Waals surface area contributed by atoms with Crippen molar-refractivity contribution in [2.45, 2.75) is 57.5 Å². The van der Waals surface area contributed by atoms with Gasteiger partial charge in [-0.05, 0) is 52.1 Å². The van der Waals surface area contributed by atoms with Gasteiger partial charge in [0.1, 0.15) is 0 Å². The number of piperidine rings is 2. The van der Waals surface area contributed by atoms with Gasteiger partial charge in [0.05, 0.1) is 5.54 Å². The molecule has 2 aliphatic rings. The molecule has 2 aliphatic heterocycles. The number of likely N-dealkylation sites (tertiary alicyclic amines) is 2. The van der Waals surface area contributed by atoms with Crippen LogP contribution in [0, 0.1) is 5.92 Å². The van der Waals surface area contributed by atoms with Gasteiger partial charge in [-0.1, -0.05) is 13.3 Å². The third-order valence-electron chi connectivity index (χ3n) is 4.89. The van der Waals surface area contributed by atoms with Gasteiger partial charge in [-0.3, -0.25) is 4.79 Å². The number of nitrogens with zero attached hydrogens (tertiary/aromatic N) is 2. The first-order chi connectivity index (χ1) is 8.95. The summed E-state index contributed by atoms with van der Waals surface area (Å²) < 4.78 is 0. The Morgan fingerprint density at radius 2 is 2.11 bits per heavy atom. The molecular weight excluding hydrogens is 238 g/mol. The average Bonchev–Trinajstić information content (AvgIpc) is 2.37. The van der Waals surface area contributed by atoms with Crippen molar-refractivity contribution in [3.8, 4) is 0 Å². The number of hydrogen-bond donors (Lipinski definition) is 1. The van der Waals surface area contributed by atoms with E-state index in [4.69, 9.17) is 5.73 Å². The first kappa shape index (κ1) is 14.8. The van der Waals surface area contributed by atoms with Crippen molar-refractivity contribution >= 4 is 5.91 Å². The number of carbonyl (C=O) groups is 1. The predicted molar refractivity (Wildman–Crippen MR) is 77.8 cm³/mol. The van der Waals surface area contributed by atoms with Crippen LogP contribution in [0.5, 0.6) is 0 Å². The third-order valence-corrected chi connectivity index (χ3v) is 4.89. The van der Waals surface area contributed by atoms with Gasteiger partial charge in [0.15, 0.2) is 0 Å². The molecule has 4 nitrogen and oxygen atoms in total. The molecule has 19 heavy (non-hydrogen) atoms. The van der Waals surface area contributed by atoms with Gasteiger partial charge in [0.2, 0.25) is 5.91 Å². The molecule has 0 spiro atoms. The normalized spacial score (nSPS) is 31.7. The second-order valence-corrected chi connectivity index (χ2v) is 6.66. The minimum absolute atomic E-state index is 0.154. The molecular formula is C15H29N3O. The molecule has 0 aromatic rings. The standard InChI is InChI=1S/C15H29N3O/c1-4-8-15(2,16)14(19)18-10-7-13-12(11-18)6-5-9-17(13)3/h12-13H,4-11,16H2,1-3H3. The molecule has 3 atom stereocenters. The van der Waals surface area contributed by atoms with Crippen molar-refractivity contribution in [3.63, 3.8) is 0 Å². The van der Waals surface area contributed by atoms with Gasteiger partial charge in [-0.2, -0.15) is 0 Å². The average molecular weight is 267 g/mol. The molecule has 0 bridgehead atoms. The van der Waals surface area contributed by atoms with Crippen LogP contribution in [0.1, 0.15) is 46.0 Å². The van der Waals surface area contributed by atoms with E-state index in [1.54, 1.807) is 0 Å². The van der Waals surface area contributed by atoms with Crippen LogP contribution in [-0.2, 0) is 4.79 Å². The van der Waals surface area contributed by atoms with Crippen LogP contribution < -0.4 is 5.73 Å². The highest BCUT2D eigenvalue weighted by Crippen LogP contribution is 2.30. The molecule has 3 unspecified atom stereocenters. The molecule has 110 valence electrons. The van der Waals surface area contributed by atoms with Crippen molar-refractivity contribution in [1.82, 2.24) is 9.80 Å². The molecule has 2 rings (SSSR count). The molecule has 2 fully saturated rings. The van der Waals surface area contributed by atoms with E-state index >= 15 is 0 Å². The maximum absolute atomic E-state index is 12.6. The van der Waals surface area contributed by atoms with Gasteiger partial charge in [-0.25, -0.2) is 0 Å². The fourth-order valence-electron chi connectivity index (χ4n) is 3.82. The number of amides is 1. The monoisotopic (exact) mass is 267 g/mol. The molecule has 0 radical (unpaired) electrons. The third kappa shape index (κ3) is 3.11. The Morgan fingerprint density at radius 3 is 2.79 bits per heavy atom. The molecule has 4 heteroatoms. The molecule has 0 saturated carbocycles. The Labute approximate surface area is 117 Å². The van der Waals surface area contributed by atoms with Crippen molar-refractivity contribution in [2.75, 3.05) is 26.7 Å². The Morgan fingerprint density at radius 1 is 1.37 bits per heavy atom. The Bertz CT molecular complexity index is 329. The Balaban J connectivity index is 1.99. The largest absolute Gasteiger partial charge is 0.341 e. The zero-order valence-corrected chi connectivity index (χ0v) is 12.7. The summed E-state index contributed by atoms with van der Waals surface area (Å²) >= 11 is 0. The molecule has 2 N–H and O–H groups in total. The van der Waals surface area contributed by atoms with Crippen molar-refractivity contribution < 1.29 is 4.79 Å². The highest BCUT2D eigenvalue weighted by Gasteiger charge is 2.39. The van der Waals surface area contributed by atoms with Gasteiger partial charge in [0, 0.05) is 19.1 Å². The fourth-order valence-corrected chi connectivity index (χ4v) is 3.82. The Kier molecular flexibility index (Phi) is 4.51. The van der Waals surface area contributed by atoms with E-state index in [0.717, 1.165) is 32.4 Å². The molecule has 0 aliphatic carbocycles. The lowest BCUT2D eigenvalue weighted by molar-refractivity contribution is -0.140. The van der Waals surface area contributed by atoms with E-state index in [1.807, 2.05) is 11.8 Å². The SMILES string of the molecule is CCCC(C)(N)C(=O)N1CCC2C(CCCN2C)C1. The molecule has 1 amide bonds. The van der Waals surface area contributed by atoms with Crippen LogP contribution in [0.4, 0.5) is 0 Å². The summed E-state index contributed by atoms with van der Waals surface area (Å²) in [5, 5.41) is 0. The van der Waals surface area contributed by atoms with Gasteiger partial charge in [0.25, 0.3) is 0 Å². The van der Waals surface area contributed by atoms with Crippen LogP contribution in [0.2, 0.25) is 0 Å². The molecule has 0 aromatic heterocycles. The summed E-state index contributed by atoms with van der Waals surface area (Å²) in [7, 11) is 2.22. The highest BCUT2D eigenvalue weighted by molar-refractivity contribution is 5.85. The Hall–Kier alpha value is -0.610. The van der Waals surface area contributed by atoms with Crippen LogP contribution in [0.3, 0.4) is 0 Å². The first-order valence-corrected chi connectivity index (χ1v) is 7.74. The molecule has 2 saturated heterocycles. The quantitative estimate of drug-likeness (QED) is 0.842. The lowest BCUT2D eigenvalue weighted by Gasteiger charge is -2.47. The van der Waals surface area contributed by atoms with E-state index in [2.05, 4.69) is 18.9 Å². The fraction of sp³-hybridized carbons (Fsp3) is 0.933. The number of fused-ring (bicyclic) bond motifs is 1. The lowest BCUT2D eigenvalue weighted by Crippen LogP contribution is -2.59. The summed E-state index contributed by atoms with van der Waals surface area (Å²) in [4.78, 5) is 17.1. The first-order valence-electron chi connectivity index (χ1n) is 7.74. The number of nitrogens with two attached hydrogens (primary N) is 1. The second kappa shape index (κ2) is 5.80. The predicted octanol–water partition coefficient (Wildman–Crippen LogP) is 1.45. The molecule has 0 aromatic carbocycles. The summed E-state index contributed by atoms with van der Waals surface area (Å²) in [6.45, 7) is 6.96. The lowest BCUT2D eigenvalue weighted by atomic mass is 9.83. The minimum atomic E-state index is -0.678. The maximum Gasteiger partial charge on any atom is 0.242 e. The van der Waals surface area contributed by atoms with Gasteiger partial charge in [-0.15, -0.1) is 0 Å². The second-order valence-electron chi connectivity index (χ2n) is 6.66. The van der Waals surface area contributed by atoms with Crippen LogP contribution >= 0.6 is 0 Å². The van der Waals surface area contributed by atoms with Crippen molar-refractivity contribution in [1.29, 1.82) is 0 Å². The highest BCUT2D eigenvalue weighted by atomic mass is 16.2. The van der Waals surface area contributed by atoms with Gasteiger partial charge >= 0.3 is 0 Å². The van der Waals surface area contributed by atoms with E-state index < -0.39 is 5.54 Å². The van der Waals surface area contributed by atoms with E-state index in [9.17, 15) is 4.79 Å². The van der Waals surface area contributed by atoms with Crippen LogP contribution in [0.25, 0.3) is 0 Å². The molecule has 2 heterocycles. The van der Waals surface area contributed by atoms with E-state index in [1.165, 1.54) is 19.4 Å². The van der Waals surface area contributed by atoms with E-state index in [-0.39, 0.29) is 5.91 Å². The zero-order chi connectivity index (χ0) is 14.0. The smallest absolute Gasteiger partial charge is 0.242 e. The van der Waals surface area contributed by atoms with E-state index in [0.29, 0.717) is 12.0 Å². The topological polar surface area (TPSA) is 49.6 Å². The summed E-state index contributed by atoms with van der Waals surface area (Å²) in [6, 6.07) is 0.674. The minimum Gasteiger partial charge on any atom is -0.341 e. The van der Waals surface area contributed by atoms with Crippen molar-refractivity contribution in [3.05, 3.63) is 0 Å². The van der Waals surface area contributed by atoms with Gasteiger partial charge < -0.3 is 15.5 Å². The zero-order valence-electron chi connectivity index (χ0n) is 12.7. The number of hydrogen-bond acceptors (Lipinski definition) is 3. The van der Waals surface area contributed by atoms with Crippen LogP contribution in [-0.4, -0.2) is 54.0 Å². The summed E-state index contributed by atoms with van der Waals surface area (Å²) in [5.74, 6) is 0.801. The maximum atomic E-state index is 12.6. The van der Waals surface area contributed by atoms with Crippen LogP contribution in [0.15, 0.2) is 0 Å². The summed E-state index contributed by atoms with van der Waals surface area (Å²) in [5.41, 5.74) is 5.52.